The van der Waals surface area contributed by atoms with Crippen molar-refractivity contribution in [2.45, 2.75) is 19.1 Å². The molecule has 1 aromatic carbocycles. The van der Waals surface area contributed by atoms with E-state index in [1.807, 2.05) is 6.92 Å². The van der Waals surface area contributed by atoms with Gasteiger partial charge in [-0.2, -0.15) is 0 Å². The topological polar surface area (TPSA) is 29.5 Å². The van der Waals surface area contributed by atoms with Crippen molar-refractivity contribution in [2.75, 3.05) is 19.0 Å². The summed E-state index contributed by atoms with van der Waals surface area (Å²) < 4.78 is 19.1. The summed E-state index contributed by atoms with van der Waals surface area (Å²) in [6, 6.07) is 5.93. The quantitative estimate of drug-likeness (QED) is 0.773. The first-order valence-corrected chi connectivity index (χ1v) is 6.40. The number of rotatable bonds is 2. The number of hydrogen-bond donors (Lipinski definition) is 0. The van der Waals surface area contributed by atoms with Crippen molar-refractivity contribution in [2.24, 2.45) is 0 Å². The Kier molecular flexibility index (Phi) is 4.19. The summed E-state index contributed by atoms with van der Waals surface area (Å²) in [6.07, 6.45) is -0.182. The van der Waals surface area contributed by atoms with Crippen LogP contribution in [0.5, 0.6) is 0 Å². The first-order chi connectivity index (χ1) is 8.63. The Hall–Kier alpha value is -1.13. The van der Waals surface area contributed by atoms with Gasteiger partial charge in [0.05, 0.1) is 30.2 Å². The molecule has 0 saturated carbocycles. The third-order valence-electron chi connectivity index (χ3n) is 3.04. The minimum atomic E-state index is -0.497. The summed E-state index contributed by atoms with van der Waals surface area (Å²) in [5.41, 5.74) is 0.0968. The van der Waals surface area contributed by atoms with E-state index >= 15 is 0 Å². The number of carbonyl (C=O) groups excluding carboxylic acids is 1. The fraction of sp³-hybridized carbons (Fsp3) is 0.462. The van der Waals surface area contributed by atoms with Gasteiger partial charge in [-0.3, -0.25) is 4.79 Å². The number of ether oxygens (including phenoxy) is 1. The average Bonchev–Trinajstić information content (AvgIpc) is 2.39. The van der Waals surface area contributed by atoms with E-state index in [1.54, 1.807) is 17.0 Å². The van der Waals surface area contributed by atoms with Crippen molar-refractivity contribution in [3.8, 4) is 0 Å². The molecule has 1 saturated heterocycles. The fourth-order valence-electron chi connectivity index (χ4n) is 1.98. The Bertz CT molecular complexity index is 441. The van der Waals surface area contributed by atoms with Crippen LogP contribution in [0.1, 0.15) is 17.3 Å². The van der Waals surface area contributed by atoms with Crippen molar-refractivity contribution in [1.82, 2.24) is 4.90 Å². The highest BCUT2D eigenvalue weighted by Crippen LogP contribution is 2.18. The first kappa shape index (κ1) is 13.3. The molecule has 1 amide bonds. The van der Waals surface area contributed by atoms with Gasteiger partial charge >= 0.3 is 0 Å². The van der Waals surface area contributed by atoms with Gasteiger partial charge in [0, 0.05) is 6.54 Å². The van der Waals surface area contributed by atoms with Crippen LogP contribution in [0, 0.1) is 5.82 Å². The van der Waals surface area contributed by atoms with E-state index in [4.69, 9.17) is 16.3 Å². The van der Waals surface area contributed by atoms with E-state index in [0.29, 0.717) is 19.0 Å². The first-order valence-electron chi connectivity index (χ1n) is 5.86. The van der Waals surface area contributed by atoms with Crippen LogP contribution < -0.4 is 0 Å². The largest absolute Gasteiger partial charge is 0.373 e. The molecule has 0 radical (unpaired) electrons. The van der Waals surface area contributed by atoms with Gasteiger partial charge in [0.15, 0.2) is 0 Å². The maximum absolute atomic E-state index is 13.6. The minimum absolute atomic E-state index is 0.0726. The van der Waals surface area contributed by atoms with E-state index in [9.17, 15) is 9.18 Å². The molecule has 0 bridgehead atoms. The lowest BCUT2D eigenvalue weighted by molar-refractivity contribution is -0.0373. The van der Waals surface area contributed by atoms with Crippen molar-refractivity contribution in [3.05, 3.63) is 35.6 Å². The van der Waals surface area contributed by atoms with E-state index < -0.39 is 5.82 Å². The number of hydrogen-bond acceptors (Lipinski definition) is 2. The molecule has 0 aromatic heterocycles. The van der Waals surface area contributed by atoms with Gasteiger partial charge in [-0.25, -0.2) is 4.39 Å². The predicted octanol–water partition coefficient (Wildman–Crippen LogP) is 2.29. The van der Waals surface area contributed by atoms with Crippen molar-refractivity contribution in [1.29, 1.82) is 0 Å². The number of halogens is 2. The smallest absolute Gasteiger partial charge is 0.257 e. The minimum Gasteiger partial charge on any atom is -0.373 e. The van der Waals surface area contributed by atoms with E-state index in [0.717, 1.165) is 0 Å². The molecule has 0 spiro atoms. The molecule has 1 heterocycles. The van der Waals surface area contributed by atoms with Crippen LogP contribution in [-0.2, 0) is 4.74 Å². The van der Waals surface area contributed by atoms with Crippen LogP contribution >= 0.6 is 11.6 Å². The highest BCUT2D eigenvalue weighted by Gasteiger charge is 2.30. The van der Waals surface area contributed by atoms with E-state index in [1.165, 1.54) is 12.1 Å². The molecule has 2 rings (SSSR count). The summed E-state index contributed by atoms with van der Waals surface area (Å²) in [6.45, 7) is 2.71. The maximum Gasteiger partial charge on any atom is 0.257 e. The molecular weight excluding hydrogens is 257 g/mol. The number of carbonyl (C=O) groups is 1. The van der Waals surface area contributed by atoms with Gasteiger partial charge in [0.2, 0.25) is 0 Å². The van der Waals surface area contributed by atoms with Gasteiger partial charge in [0.1, 0.15) is 5.82 Å². The van der Waals surface area contributed by atoms with Crippen LogP contribution in [0.25, 0.3) is 0 Å². The van der Waals surface area contributed by atoms with Crippen molar-refractivity contribution in [3.63, 3.8) is 0 Å². The monoisotopic (exact) mass is 271 g/mol. The standard InChI is InChI=1S/C13H15ClFNO2/c1-9-8-18-10(6-14)7-16(9)13(17)11-4-2-3-5-12(11)15/h2-5,9-10H,6-8H2,1H3. The van der Waals surface area contributed by atoms with Crippen LogP contribution in [0.4, 0.5) is 4.39 Å². The highest BCUT2D eigenvalue weighted by atomic mass is 35.5. The number of alkyl halides is 1. The third-order valence-corrected chi connectivity index (χ3v) is 3.39. The molecule has 0 N–H and O–H groups in total. The van der Waals surface area contributed by atoms with E-state index in [-0.39, 0.29) is 23.6 Å². The number of nitrogens with zero attached hydrogens (tertiary/aromatic N) is 1. The Morgan fingerprint density at radius 2 is 2.28 bits per heavy atom. The second kappa shape index (κ2) is 5.67. The Labute approximate surface area is 110 Å². The summed E-state index contributed by atoms with van der Waals surface area (Å²) in [7, 11) is 0. The number of benzene rings is 1. The highest BCUT2D eigenvalue weighted by molar-refractivity contribution is 6.18. The van der Waals surface area contributed by atoms with Crippen molar-refractivity contribution >= 4 is 17.5 Å². The van der Waals surface area contributed by atoms with Crippen LogP contribution in [-0.4, -0.2) is 42.0 Å². The average molecular weight is 272 g/mol. The zero-order chi connectivity index (χ0) is 13.1. The molecule has 1 aliphatic rings. The lowest BCUT2D eigenvalue weighted by Crippen LogP contribution is -2.51. The summed E-state index contributed by atoms with van der Waals surface area (Å²) in [5, 5.41) is 0. The molecule has 2 atom stereocenters. The molecule has 98 valence electrons. The van der Waals surface area contributed by atoms with Crippen LogP contribution in [0.3, 0.4) is 0 Å². The molecule has 1 aliphatic heterocycles. The Morgan fingerprint density at radius 1 is 1.56 bits per heavy atom. The summed E-state index contributed by atoms with van der Waals surface area (Å²) in [4.78, 5) is 13.9. The lowest BCUT2D eigenvalue weighted by atomic mass is 10.1. The van der Waals surface area contributed by atoms with Gasteiger partial charge < -0.3 is 9.64 Å². The molecule has 3 nitrogen and oxygen atoms in total. The normalized spacial score (nSPS) is 24.1. The third kappa shape index (κ3) is 2.65. The van der Waals surface area contributed by atoms with Crippen molar-refractivity contribution < 1.29 is 13.9 Å². The molecule has 1 aromatic rings. The second-order valence-corrected chi connectivity index (χ2v) is 4.70. The Morgan fingerprint density at radius 3 is 2.94 bits per heavy atom. The summed E-state index contributed by atoms with van der Waals surface area (Å²) in [5.74, 6) is -0.476. The Balaban J connectivity index is 2.19. The van der Waals surface area contributed by atoms with E-state index in [2.05, 4.69) is 0 Å². The zero-order valence-electron chi connectivity index (χ0n) is 10.1. The molecule has 2 unspecified atom stereocenters. The second-order valence-electron chi connectivity index (χ2n) is 4.40. The fourth-order valence-corrected chi connectivity index (χ4v) is 2.17. The SMILES string of the molecule is CC1COC(CCl)CN1C(=O)c1ccccc1F. The molecular formula is C13H15ClFNO2. The zero-order valence-corrected chi connectivity index (χ0v) is 10.9. The molecule has 1 fully saturated rings. The lowest BCUT2D eigenvalue weighted by Gasteiger charge is -2.37. The molecule has 18 heavy (non-hydrogen) atoms. The van der Waals surface area contributed by atoms with Gasteiger partial charge in [-0.15, -0.1) is 11.6 Å². The number of morpholine rings is 1. The van der Waals surface area contributed by atoms with Gasteiger partial charge in [0.25, 0.3) is 5.91 Å². The predicted molar refractivity (Wildman–Crippen MR) is 67.4 cm³/mol. The maximum atomic E-state index is 13.6. The van der Waals surface area contributed by atoms with Gasteiger partial charge in [-0.1, -0.05) is 12.1 Å². The van der Waals surface area contributed by atoms with Gasteiger partial charge in [-0.05, 0) is 19.1 Å². The van der Waals surface area contributed by atoms with Crippen LogP contribution in [0.2, 0.25) is 0 Å². The molecule has 5 heteroatoms. The molecule has 0 aliphatic carbocycles. The number of amides is 1. The van der Waals surface area contributed by atoms with Crippen LogP contribution in [0.15, 0.2) is 24.3 Å². The summed E-state index contributed by atoms with van der Waals surface area (Å²) >= 11 is 5.74.